The molecule has 6 nitrogen and oxygen atoms in total. The van der Waals surface area contributed by atoms with Crippen LogP contribution in [-0.2, 0) is 5.54 Å². The highest BCUT2D eigenvalue weighted by atomic mass is 32.2. The predicted molar refractivity (Wildman–Crippen MR) is 97.4 cm³/mol. The molecule has 1 amide bonds. The molecule has 1 saturated carbocycles. The molecule has 2 aromatic heterocycles. The van der Waals surface area contributed by atoms with E-state index in [0.29, 0.717) is 11.5 Å². The summed E-state index contributed by atoms with van der Waals surface area (Å²) in [5, 5.41) is 24.8. The lowest BCUT2D eigenvalue weighted by molar-refractivity contribution is 0.0918. The average molecular weight is 374 g/mol. The summed E-state index contributed by atoms with van der Waals surface area (Å²) in [6.07, 6.45) is 5.60. The minimum absolute atomic E-state index is 0.0690. The van der Waals surface area contributed by atoms with Crippen molar-refractivity contribution in [1.82, 2.24) is 20.3 Å². The molecule has 8 heteroatoms. The van der Waals surface area contributed by atoms with Gasteiger partial charge in [0.2, 0.25) is 0 Å². The topological polar surface area (TPSA) is 83.6 Å². The molecule has 0 spiro atoms. The first-order valence-electron chi connectivity index (χ1n) is 8.47. The number of nitrogens with one attached hydrogen (secondary N) is 1. The zero-order valence-electron chi connectivity index (χ0n) is 13.7. The molecular formula is C17H19N5OS2. The van der Waals surface area contributed by atoms with Crippen LogP contribution >= 0.6 is 23.1 Å². The summed E-state index contributed by atoms with van der Waals surface area (Å²) >= 11 is 3.47. The molecule has 3 heterocycles. The largest absolute Gasteiger partial charge is 0.343 e. The van der Waals surface area contributed by atoms with Gasteiger partial charge < -0.3 is 5.32 Å². The fourth-order valence-electron chi connectivity index (χ4n) is 3.24. The van der Waals surface area contributed by atoms with Gasteiger partial charge in [-0.3, -0.25) is 4.79 Å². The van der Waals surface area contributed by atoms with Crippen molar-refractivity contribution >= 4 is 29.0 Å². The number of aromatic nitrogens is 3. The van der Waals surface area contributed by atoms with Crippen molar-refractivity contribution in [1.29, 1.82) is 5.26 Å². The molecule has 0 radical (unpaired) electrons. The summed E-state index contributed by atoms with van der Waals surface area (Å²) < 4.78 is 1.68. The lowest BCUT2D eigenvalue weighted by Gasteiger charge is -2.29. The van der Waals surface area contributed by atoms with Crippen LogP contribution in [0.2, 0.25) is 0 Å². The van der Waals surface area contributed by atoms with Crippen molar-refractivity contribution in [2.45, 2.75) is 37.3 Å². The van der Waals surface area contributed by atoms with Crippen LogP contribution in [0.4, 0.5) is 0 Å². The first-order chi connectivity index (χ1) is 12.2. The van der Waals surface area contributed by atoms with E-state index in [9.17, 15) is 10.1 Å². The van der Waals surface area contributed by atoms with Crippen molar-refractivity contribution in [3.05, 3.63) is 34.3 Å². The fraction of sp³-hybridized carbons (Fsp3) is 0.529. The van der Waals surface area contributed by atoms with Gasteiger partial charge in [-0.05, 0) is 54.6 Å². The van der Waals surface area contributed by atoms with E-state index in [1.165, 1.54) is 11.3 Å². The standard InChI is InChI=1S/C17H19N5OS2/c18-11-17(4-5-17)22-9-14(20-21-22)15(12-1-6-24-7-2-12)19-16(23)13-3-8-25-10-13/h3,8-10,12,15H,1-2,4-7H2,(H,19,23). The van der Waals surface area contributed by atoms with Crippen molar-refractivity contribution in [3.8, 4) is 6.07 Å². The Labute approximate surface area is 154 Å². The number of hydrogen-bond donors (Lipinski definition) is 1. The molecule has 2 fully saturated rings. The Bertz CT molecular complexity index is 784. The molecule has 1 aliphatic heterocycles. The number of nitriles is 1. The predicted octanol–water partition coefficient (Wildman–Crippen LogP) is 2.97. The first kappa shape index (κ1) is 16.6. The molecule has 1 aliphatic carbocycles. The van der Waals surface area contributed by atoms with Crippen molar-refractivity contribution < 1.29 is 4.79 Å². The van der Waals surface area contributed by atoms with Gasteiger partial charge in [0.15, 0.2) is 5.54 Å². The maximum absolute atomic E-state index is 12.6. The highest BCUT2D eigenvalue weighted by Gasteiger charge is 2.47. The van der Waals surface area contributed by atoms with E-state index in [0.717, 1.165) is 42.9 Å². The second kappa shape index (κ2) is 6.81. The lowest BCUT2D eigenvalue weighted by Crippen LogP contribution is -2.35. The highest BCUT2D eigenvalue weighted by molar-refractivity contribution is 7.99. The van der Waals surface area contributed by atoms with Gasteiger partial charge in [-0.2, -0.15) is 28.4 Å². The summed E-state index contributed by atoms with van der Waals surface area (Å²) in [6, 6.07) is 4.01. The number of amides is 1. The molecule has 2 aliphatic rings. The third-order valence-corrected chi connectivity index (χ3v) is 6.74. The van der Waals surface area contributed by atoms with E-state index in [2.05, 4.69) is 21.7 Å². The molecule has 130 valence electrons. The Morgan fingerprint density at radius 3 is 2.88 bits per heavy atom. The lowest BCUT2D eigenvalue weighted by atomic mass is 9.91. The third-order valence-electron chi connectivity index (χ3n) is 5.01. The van der Waals surface area contributed by atoms with E-state index in [4.69, 9.17) is 0 Å². The molecule has 0 aromatic carbocycles. The van der Waals surface area contributed by atoms with Crippen LogP contribution in [0.3, 0.4) is 0 Å². The molecule has 1 N–H and O–H groups in total. The van der Waals surface area contributed by atoms with Gasteiger partial charge in [0.05, 0.1) is 23.9 Å². The second-order valence-electron chi connectivity index (χ2n) is 6.64. The molecule has 1 saturated heterocycles. The number of thiophene rings is 1. The quantitative estimate of drug-likeness (QED) is 0.871. The van der Waals surface area contributed by atoms with Crippen LogP contribution in [0.1, 0.15) is 47.8 Å². The highest BCUT2D eigenvalue weighted by Crippen LogP contribution is 2.42. The van der Waals surface area contributed by atoms with E-state index < -0.39 is 5.54 Å². The number of hydrogen-bond acceptors (Lipinski definition) is 6. The zero-order chi connectivity index (χ0) is 17.3. The molecule has 1 atom stereocenters. The summed E-state index contributed by atoms with van der Waals surface area (Å²) in [7, 11) is 0. The van der Waals surface area contributed by atoms with E-state index >= 15 is 0 Å². The van der Waals surface area contributed by atoms with Crippen LogP contribution in [0.5, 0.6) is 0 Å². The van der Waals surface area contributed by atoms with Gasteiger partial charge in [0.1, 0.15) is 5.69 Å². The molecule has 0 bridgehead atoms. The number of rotatable bonds is 5. The Morgan fingerprint density at radius 2 is 2.24 bits per heavy atom. The van der Waals surface area contributed by atoms with Gasteiger partial charge in [-0.15, -0.1) is 5.10 Å². The van der Waals surface area contributed by atoms with Gasteiger partial charge in [-0.25, -0.2) is 4.68 Å². The van der Waals surface area contributed by atoms with Crippen LogP contribution in [0, 0.1) is 17.2 Å². The number of carbonyl (C=O) groups excluding carboxylic acids is 1. The number of nitrogens with zero attached hydrogens (tertiary/aromatic N) is 4. The second-order valence-corrected chi connectivity index (χ2v) is 8.65. The Hall–Kier alpha value is -1.85. The Kier molecular flexibility index (Phi) is 4.52. The normalized spacial score (nSPS) is 20.6. The van der Waals surface area contributed by atoms with Crippen LogP contribution in [0.15, 0.2) is 23.0 Å². The summed E-state index contributed by atoms with van der Waals surface area (Å²) in [6.45, 7) is 0. The monoisotopic (exact) mass is 373 g/mol. The first-order valence-corrected chi connectivity index (χ1v) is 10.6. The number of thioether (sulfide) groups is 1. The molecular weight excluding hydrogens is 354 g/mol. The Balaban J connectivity index is 1.59. The molecule has 2 aromatic rings. The minimum Gasteiger partial charge on any atom is -0.343 e. The smallest absolute Gasteiger partial charge is 0.252 e. The summed E-state index contributed by atoms with van der Waals surface area (Å²) in [5.74, 6) is 2.49. The SMILES string of the molecule is N#CC1(n2cc(C(NC(=O)c3ccsc3)C3CCSCC3)nn2)CC1. The number of carbonyl (C=O) groups is 1. The third kappa shape index (κ3) is 3.31. The maximum atomic E-state index is 12.6. The zero-order valence-corrected chi connectivity index (χ0v) is 15.4. The van der Waals surface area contributed by atoms with Crippen molar-refractivity contribution in [2.24, 2.45) is 5.92 Å². The average Bonchev–Trinajstić information content (AvgIpc) is 3.05. The summed E-state index contributed by atoms with van der Waals surface area (Å²) in [5.41, 5.74) is 0.931. The van der Waals surface area contributed by atoms with Gasteiger partial charge in [-0.1, -0.05) is 5.21 Å². The van der Waals surface area contributed by atoms with E-state index in [1.54, 1.807) is 4.68 Å². The maximum Gasteiger partial charge on any atom is 0.252 e. The van der Waals surface area contributed by atoms with Crippen molar-refractivity contribution in [3.63, 3.8) is 0 Å². The van der Waals surface area contributed by atoms with Crippen LogP contribution in [0.25, 0.3) is 0 Å². The molecule has 4 rings (SSSR count). The summed E-state index contributed by atoms with van der Waals surface area (Å²) in [4.78, 5) is 12.6. The van der Waals surface area contributed by atoms with Gasteiger partial charge in [0, 0.05) is 5.38 Å². The fourth-order valence-corrected chi connectivity index (χ4v) is 5.02. The van der Waals surface area contributed by atoms with Gasteiger partial charge >= 0.3 is 0 Å². The van der Waals surface area contributed by atoms with E-state index in [1.807, 2.05) is 34.8 Å². The van der Waals surface area contributed by atoms with Crippen molar-refractivity contribution in [2.75, 3.05) is 11.5 Å². The van der Waals surface area contributed by atoms with Crippen LogP contribution < -0.4 is 5.32 Å². The van der Waals surface area contributed by atoms with Crippen LogP contribution in [-0.4, -0.2) is 32.4 Å². The Morgan fingerprint density at radius 1 is 1.44 bits per heavy atom. The van der Waals surface area contributed by atoms with E-state index in [-0.39, 0.29) is 11.9 Å². The van der Waals surface area contributed by atoms with Gasteiger partial charge in [0.25, 0.3) is 5.91 Å². The molecule has 25 heavy (non-hydrogen) atoms. The molecule has 1 unspecified atom stereocenters. The minimum atomic E-state index is -0.518.